The van der Waals surface area contributed by atoms with Crippen molar-refractivity contribution in [2.75, 3.05) is 6.54 Å². The first-order valence-corrected chi connectivity index (χ1v) is 14.9. The quantitative estimate of drug-likeness (QED) is 0.279. The summed E-state index contributed by atoms with van der Waals surface area (Å²) >= 11 is 8.05. The third-order valence-corrected chi connectivity index (χ3v) is 8.85. The summed E-state index contributed by atoms with van der Waals surface area (Å²) in [7, 11) is 0. The second-order valence-corrected chi connectivity index (χ2v) is 11.4. The van der Waals surface area contributed by atoms with E-state index < -0.39 is 0 Å². The van der Waals surface area contributed by atoms with Gasteiger partial charge in [-0.2, -0.15) is 0 Å². The van der Waals surface area contributed by atoms with E-state index in [0.717, 1.165) is 52.6 Å². The van der Waals surface area contributed by atoms with Gasteiger partial charge in [-0.1, -0.05) is 53.1 Å². The number of halogens is 1. The molecule has 1 aromatic carbocycles. The fraction of sp³-hybridized carbons (Fsp3) is 0.419. The zero-order chi connectivity index (χ0) is 25.6. The van der Waals surface area contributed by atoms with Crippen molar-refractivity contribution in [1.29, 1.82) is 0 Å². The molecule has 0 spiro atoms. The number of aromatic nitrogens is 2. The highest BCUT2D eigenvalue weighted by Crippen LogP contribution is 2.35. The van der Waals surface area contributed by atoms with E-state index in [0.29, 0.717) is 11.6 Å². The molecule has 2 aromatic heterocycles. The van der Waals surface area contributed by atoms with Gasteiger partial charge >= 0.3 is 0 Å². The molecule has 5 rings (SSSR count). The summed E-state index contributed by atoms with van der Waals surface area (Å²) in [6, 6.07) is 9.86. The Morgan fingerprint density at radius 1 is 1.05 bits per heavy atom. The fourth-order valence-electron chi connectivity index (χ4n) is 5.48. The van der Waals surface area contributed by atoms with Crippen LogP contribution in [0.3, 0.4) is 0 Å². The number of hydrogen-bond donors (Lipinski definition) is 1. The maximum absolute atomic E-state index is 13.3. The molecule has 0 saturated carbocycles. The van der Waals surface area contributed by atoms with Gasteiger partial charge in [-0.3, -0.25) is 4.79 Å². The second-order valence-electron chi connectivity index (χ2n) is 10.2. The molecule has 1 amide bonds. The van der Waals surface area contributed by atoms with Crippen LogP contribution in [0.15, 0.2) is 59.0 Å². The molecule has 6 heteroatoms. The molecule has 0 atom stereocenters. The van der Waals surface area contributed by atoms with Crippen molar-refractivity contribution in [1.82, 2.24) is 14.9 Å². The minimum Gasteiger partial charge on any atom is -0.352 e. The zero-order valence-corrected chi connectivity index (χ0v) is 23.3. The lowest BCUT2D eigenvalue weighted by Crippen LogP contribution is -2.25. The Hall–Kier alpha value is -2.63. The van der Waals surface area contributed by atoms with E-state index in [9.17, 15) is 4.79 Å². The van der Waals surface area contributed by atoms with Gasteiger partial charge in [0.2, 0.25) is 0 Å². The average molecular weight is 534 g/mol. The van der Waals surface area contributed by atoms with Crippen LogP contribution in [0.4, 0.5) is 0 Å². The molecule has 37 heavy (non-hydrogen) atoms. The van der Waals surface area contributed by atoms with Gasteiger partial charge in [0, 0.05) is 29.7 Å². The Morgan fingerprint density at radius 2 is 1.78 bits per heavy atom. The van der Waals surface area contributed by atoms with Crippen LogP contribution in [-0.4, -0.2) is 22.0 Å². The number of carbonyl (C=O) groups is 1. The van der Waals surface area contributed by atoms with Crippen LogP contribution in [0, 0.1) is 6.92 Å². The van der Waals surface area contributed by atoms with Crippen molar-refractivity contribution in [2.24, 2.45) is 0 Å². The minimum atomic E-state index is 0.00680. The number of rotatable bonds is 9. The standard InChI is InChI=1S/C31H36ClN3OS/c1-22-26(30(36)33-18-16-23-10-4-2-5-11-23)20-29(35(22)19-17-24-12-6-3-7-13-24)28-21-37-31(34-28)25-14-8-9-15-27(25)32/h8-10,12,14-15,20-21H,2-7,11,13,16-19H2,1H3,(H,33,36). The topological polar surface area (TPSA) is 46.9 Å². The van der Waals surface area contributed by atoms with Crippen molar-refractivity contribution in [3.63, 3.8) is 0 Å². The largest absolute Gasteiger partial charge is 0.352 e. The van der Waals surface area contributed by atoms with Gasteiger partial charge in [0.05, 0.1) is 22.0 Å². The molecule has 0 bridgehead atoms. The highest BCUT2D eigenvalue weighted by molar-refractivity contribution is 7.13. The van der Waals surface area contributed by atoms with Crippen LogP contribution in [0.1, 0.15) is 80.3 Å². The molecule has 0 aliphatic heterocycles. The molecule has 0 fully saturated rings. The van der Waals surface area contributed by atoms with Gasteiger partial charge in [0.1, 0.15) is 5.01 Å². The molecule has 2 aliphatic carbocycles. The first-order chi connectivity index (χ1) is 18.1. The predicted octanol–water partition coefficient (Wildman–Crippen LogP) is 8.75. The summed E-state index contributed by atoms with van der Waals surface area (Å²) in [4.78, 5) is 18.3. The Morgan fingerprint density at radius 3 is 2.49 bits per heavy atom. The summed E-state index contributed by atoms with van der Waals surface area (Å²) in [5.41, 5.74) is 7.61. The van der Waals surface area contributed by atoms with Crippen molar-refractivity contribution in [3.8, 4) is 22.0 Å². The molecule has 2 heterocycles. The molecular formula is C31H36ClN3OS. The third kappa shape index (κ3) is 6.27. The van der Waals surface area contributed by atoms with Gasteiger partial charge < -0.3 is 9.88 Å². The highest BCUT2D eigenvalue weighted by Gasteiger charge is 2.21. The van der Waals surface area contributed by atoms with Crippen LogP contribution in [0.5, 0.6) is 0 Å². The van der Waals surface area contributed by atoms with Gasteiger partial charge in [-0.15, -0.1) is 11.3 Å². The summed E-state index contributed by atoms with van der Waals surface area (Å²) in [5, 5.41) is 6.87. The Kier molecular flexibility index (Phi) is 8.62. The lowest BCUT2D eigenvalue weighted by Gasteiger charge is -2.16. The van der Waals surface area contributed by atoms with E-state index in [4.69, 9.17) is 16.6 Å². The molecule has 3 aromatic rings. The summed E-state index contributed by atoms with van der Waals surface area (Å²) < 4.78 is 2.29. The van der Waals surface area contributed by atoms with Crippen molar-refractivity contribution < 1.29 is 4.79 Å². The van der Waals surface area contributed by atoms with Crippen molar-refractivity contribution >= 4 is 28.8 Å². The monoisotopic (exact) mass is 533 g/mol. The summed E-state index contributed by atoms with van der Waals surface area (Å²) in [6.45, 7) is 3.61. The highest BCUT2D eigenvalue weighted by atomic mass is 35.5. The number of carbonyl (C=O) groups excluding carboxylic acids is 1. The minimum absolute atomic E-state index is 0.00680. The molecular weight excluding hydrogens is 498 g/mol. The molecule has 4 nitrogen and oxygen atoms in total. The predicted molar refractivity (Wildman–Crippen MR) is 155 cm³/mol. The summed E-state index contributed by atoms with van der Waals surface area (Å²) in [6.07, 6.45) is 16.6. The Bertz CT molecular complexity index is 1320. The van der Waals surface area contributed by atoms with Crippen LogP contribution in [0.2, 0.25) is 5.02 Å². The van der Waals surface area contributed by atoms with Gasteiger partial charge in [-0.05, 0) is 83.3 Å². The van der Waals surface area contributed by atoms with E-state index in [1.807, 2.05) is 30.3 Å². The average Bonchev–Trinajstić information content (AvgIpc) is 3.53. The van der Waals surface area contributed by atoms with E-state index >= 15 is 0 Å². The third-order valence-electron chi connectivity index (χ3n) is 7.64. The summed E-state index contributed by atoms with van der Waals surface area (Å²) in [5.74, 6) is 0.00680. The first kappa shape index (κ1) is 26.0. The van der Waals surface area contributed by atoms with E-state index in [-0.39, 0.29) is 5.91 Å². The number of thiazole rings is 1. The van der Waals surface area contributed by atoms with Crippen LogP contribution in [0.25, 0.3) is 22.0 Å². The number of allylic oxidation sites excluding steroid dienone is 3. The number of amides is 1. The number of nitrogens with zero attached hydrogens (tertiary/aromatic N) is 2. The van der Waals surface area contributed by atoms with Crippen LogP contribution in [-0.2, 0) is 6.54 Å². The maximum Gasteiger partial charge on any atom is 0.253 e. The Labute approximate surface area is 229 Å². The lowest BCUT2D eigenvalue weighted by atomic mass is 9.97. The molecule has 0 unspecified atom stereocenters. The number of benzene rings is 1. The first-order valence-electron chi connectivity index (χ1n) is 13.6. The normalized spacial score (nSPS) is 15.8. The maximum atomic E-state index is 13.3. The molecule has 0 radical (unpaired) electrons. The smallest absolute Gasteiger partial charge is 0.253 e. The van der Waals surface area contributed by atoms with Crippen molar-refractivity contribution in [2.45, 2.75) is 77.7 Å². The fourth-order valence-corrected chi connectivity index (χ4v) is 6.61. The van der Waals surface area contributed by atoms with E-state index in [1.165, 1.54) is 62.5 Å². The SMILES string of the molecule is Cc1c(C(=O)NCCC2=CCCCC2)cc(-c2csc(-c3ccccc3Cl)n2)n1CCC1=CCCCC1. The lowest BCUT2D eigenvalue weighted by molar-refractivity contribution is 0.0953. The van der Waals surface area contributed by atoms with Crippen LogP contribution < -0.4 is 5.32 Å². The van der Waals surface area contributed by atoms with Gasteiger partial charge in [0.15, 0.2) is 0 Å². The van der Waals surface area contributed by atoms with E-state index in [2.05, 4.69) is 34.3 Å². The molecule has 0 saturated heterocycles. The van der Waals surface area contributed by atoms with Gasteiger partial charge in [-0.25, -0.2) is 4.98 Å². The molecule has 2 aliphatic rings. The van der Waals surface area contributed by atoms with E-state index in [1.54, 1.807) is 11.3 Å². The number of nitrogens with one attached hydrogen (secondary N) is 1. The molecule has 1 N–H and O–H groups in total. The number of hydrogen-bond acceptors (Lipinski definition) is 3. The zero-order valence-electron chi connectivity index (χ0n) is 21.7. The Balaban J connectivity index is 1.39. The molecule has 194 valence electrons. The second kappa shape index (κ2) is 12.3. The van der Waals surface area contributed by atoms with Crippen molar-refractivity contribution in [3.05, 3.63) is 75.3 Å². The van der Waals surface area contributed by atoms with Crippen LogP contribution >= 0.6 is 22.9 Å². The van der Waals surface area contributed by atoms with Gasteiger partial charge in [0.25, 0.3) is 5.91 Å².